The van der Waals surface area contributed by atoms with Crippen LogP contribution in [0.15, 0.2) is 24.3 Å². The smallest absolute Gasteiger partial charge is 0.320 e. The van der Waals surface area contributed by atoms with Gasteiger partial charge in [-0.05, 0) is 19.1 Å². The number of halogens is 2. The maximum absolute atomic E-state index is 13.4. The van der Waals surface area contributed by atoms with Gasteiger partial charge in [0.2, 0.25) is 5.91 Å². The van der Waals surface area contributed by atoms with E-state index in [1.54, 1.807) is 31.2 Å². The molecule has 1 atom stereocenters. The molecule has 0 aliphatic carbocycles. The van der Waals surface area contributed by atoms with Gasteiger partial charge >= 0.3 is 6.55 Å². The number of amides is 1. The lowest BCUT2D eigenvalue weighted by Gasteiger charge is -2.31. The zero-order chi connectivity index (χ0) is 15.0. The van der Waals surface area contributed by atoms with E-state index in [0.29, 0.717) is 29.9 Å². The SMILES string of the molecule is CC(c1nc2ccccc2n1C(F)F)N1CCNC(=O)C1. The van der Waals surface area contributed by atoms with Crippen LogP contribution in [0.4, 0.5) is 8.78 Å². The second-order valence-corrected chi connectivity index (χ2v) is 5.10. The van der Waals surface area contributed by atoms with Gasteiger partial charge in [-0.15, -0.1) is 0 Å². The van der Waals surface area contributed by atoms with Gasteiger partial charge in [-0.3, -0.25) is 14.3 Å². The van der Waals surface area contributed by atoms with Crippen molar-refractivity contribution in [3.8, 4) is 0 Å². The lowest BCUT2D eigenvalue weighted by Crippen LogP contribution is -2.48. The molecule has 1 saturated heterocycles. The molecule has 7 heteroatoms. The Hall–Kier alpha value is -2.02. The molecule has 0 saturated carbocycles. The van der Waals surface area contributed by atoms with E-state index in [-0.39, 0.29) is 18.5 Å². The van der Waals surface area contributed by atoms with Crippen molar-refractivity contribution in [2.24, 2.45) is 0 Å². The van der Waals surface area contributed by atoms with Crippen LogP contribution in [0.25, 0.3) is 11.0 Å². The number of nitrogens with one attached hydrogen (secondary N) is 1. The number of imidazole rings is 1. The summed E-state index contributed by atoms with van der Waals surface area (Å²) in [5.41, 5.74) is 0.955. The molecule has 0 bridgehead atoms. The van der Waals surface area contributed by atoms with E-state index < -0.39 is 6.55 Å². The highest BCUT2D eigenvalue weighted by molar-refractivity contribution is 5.79. The molecule has 1 aromatic carbocycles. The number of hydrogen-bond acceptors (Lipinski definition) is 3. The second-order valence-electron chi connectivity index (χ2n) is 5.10. The largest absolute Gasteiger partial charge is 0.354 e. The van der Waals surface area contributed by atoms with Crippen LogP contribution in [0.3, 0.4) is 0 Å². The Morgan fingerprint density at radius 1 is 1.33 bits per heavy atom. The molecule has 2 heterocycles. The number of alkyl halides is 2. The molecule has 1 aliphatic rings. The number of benzene rings is 1. The van der Waals surface area contributed by atoms with Crippen molar-refractivity contribution in [2.45, 2.75) is 19.5 Å². The highest BCUT2D eigenvalue weighted by atomic mass is 19.3. The third-order valence-electron chi connectivity index (χ3n) is 3.81. The topological polar surface area (TPSA) is 50.2 Å². The number of nitrogens with zero attached hydrogens (tertiary/aromatic N) is 3. The predicted octanol–water partition coefficient (Wildman–Crippen LogP) is 1.92. The maximum Gasteiger partial charge on any atom is 0.320 e. The van der Waals surface area contributed by atoms with Crippen LogP contribution in [0.1, 0.15) is 25.3 Å². The molecule has 2 aromatic rings. The Balaban J connectivity index is 2.02. The Kier molecular flexibility index (Phi) is 3.59. The van der Waals surface area contributed by atoms with Crippen LogP contribution < -0.4 is 5.32 Å². The quantitative estimate of drug-likeness (QED) is 0.941. The summed E-state index contributed by atoms with van der Waals surface area (Å²) in [7, 11) is 0. The first-order valence-corrected chi connectivity index (χ1v) is 6.83. The molecular formula is C14H16F2N4O. The number of hydrogen-bond donors (Lipinski definition) is 1. The van der Waals surface area contributed by atoms with Gasteiger partial charge in [-0.25, -0.2) is 4.98 Å². The summed E-state index contributed by atoms with van der Waals surface area (Å²) < 4.78 is 27.8. The molecule has 112 valence electrons. The van der Waals surface area contributed by atoms with Crippen LogP contribution in [-0.2, 0) is 4.79 Å². The average Bonchev–Trinajstić information content (AvgIpc) is 2.85. The summed E-state index contributed by atoms with van der Waals surface area (Å²) in [6, 6.07) is 6.48. The first-order valence-electron chi connectivity index (χ1n) is 6.83. The van der Waals surface area contributed by atoms with E-state index in [2.05, 4.69) is 10.3 Å². The van der Waals surface area contributed by atoms with Crippen molar-refractivity contribution in [1.82, 2.24) is 19.8 Å². The van der Waals surface area contributed by atoms with E-state index >= 15 is 0 Å². The number of piperazine rings is 1. The fourth-order valence-electron chi connectivity index (χ4n) is 2.72. The van der Waals surface area contributed by atoms with Crippen molar-refractivity contribution < 1.29 is 13.6 Å². The summed E-state index contributed by atoms with van der Waals surface area (Å²) >= 11 is 0. The molecule has 5 nitrogen and oxygen atoms in total. The first kappa shape index (κ1) is 13.9. The van der Waals surface area contributed by atoms with Gasteiger partial charge in [0, 0.05) is 13.1 Å². The molecule has 21 heavy (non-hydrogen) atoms. The van der Waals surface area contributed by atoms with Crippen molar-refractivity contribution in [3.05, 3.63) is 30.1 Å². The van der Waals surface area contributed by atoms with E-state index in [9.17, 15) is 13.6 Å². The van der Waals surface area contributed by atoms with Gasteiger partial charge < -0.3 is 5.32 Å². The summed E-state index contributed by atoms with van der Waals surface area (Å²) in [6.45, 7) is 0.498. The average molecular weight is 294 g/mol. The minimum absolute atomic E-state index is 0.0900. The summed E-state index contributed by atoms with van der Waals surface area (Å²) in [4.78, 5) is 17.7. The number of aromatic nitrogens is 2. The number of carbonyl (C=O) groups is 1. The standard InChI is InChI=1S/C14H16F2N4O/c1-9(19-7-6-17-12(21)8-19)13-18-10-4-2-3-5-11(10)20(13)14(15)16/h2-5,9,14H,6-8H2,1H3,(H,17,21). The summed E-state index contributed by atoms with van der Waals surface area (Å²) in [6.07, 6.45) is 0. The molecule has 0 spiro atoms. The van der Waals surface area contributed by atoms with Crippen LogP contribution in [-0.4, -0.2) is 40.0 Å². The Morgan fingerprint density at radius 2 is 2.10 bits per heavy atom. The van der Waals surface area contributed by atoms with Crippen LogP contribution in [0.2, 0.25) is 0 Å². The number of fused-ring (bicyclic) bond motifs is 1. The summed E-state index contributed by atoms with van der Waals surface area (Å²) in [5.74, 6) is 0.203. The summed E-state index contributed by atoms with van der Waals surface area (Å²) in [5, 5.41) is 2.73. The van der Waals surface area contributed by atoms with Gasteiger partial charge in [0.05, 0.1) is 23.6 Å². The third kappa shape index (κ3) is 2.49. The van der Waals surface area contributed by atoms with Crippen molar-refractivity contribution in [2.75, 3.05) is 19.6 Å². The van der Waals surface area contributed by atoms with Gasteiger partial charge in [-0.2, -0.15) is 8.78 Å². The van der Waals surface area contributed by atoms with E-state index in [4.69, 9.17) is 0 Å². The fourth-order valence-corrected chi connectivity index (χ4v) is 2.72. The monoisotopic (exact) mass is 294 g/mol. The van der Waals surface area contributed by atoms with Crippen LogP contribution in [0, 0.1) is 0 Å². The molecule has 1 unspecified atom stereocenters. The highest BCUT2D eigenvalue weighted by Gasteiger charge is 2.28. The molecule has 1 N–H and O–H groups in total. The molecule has 1 aliphatic heterocycles. The van der Waals surface area contributed by atoms with E-state index in [0.717, 1.165) is 4.57 Å². The lowest BCUT2D eigenvalue weighted by molar-refractivity contribution is -0.124. The van der Waals surface area contributed by atoms with E-state index in [1.165, 1.54) is 0 Å². The van der Waals surface area contributed by atoms with Crippen molar-refractivity contribution in [3.63, 3.8) is 0 Å². The molecular weight excluding hydrogens is 278 g/mol. The number of rotatable bonds is 3. The molecule has 0 radical (unpaired) electrons. The highest BCUT2D eigenvalue weighted by Crippen LogP contribution is 2.29. The maximum atomic E-state index is 13.4. The normalized spacial score (nSPS) is 18.2. The fraction of sp³-hybridized carbons (Fsp3) is 0.429. The first-order chi connectivity index (χ1) is 10.1. The number of para-hydroxylation sites is 2. The third-order valence-corrected chi connectivity index (χ3v) is 3.81. The van der Waals surface area contributed by atoms with Gasteiger partial charge in [0.15, 0.2) is 0 Å². The Morgan fingerprint density at radius 3 is 2.81 bits per heavy atom. The minimum atomic E-state index is -2.66. The molecule has 1 aromatic heterocycles. The Bertz CT molecular complexity index is 670. The van der Waals surface area contributed by atoms with E-state index in [1.807, 2.05) is 4.90 Å². The van der Waals surface area contributed by atoms with Gasteiger partial charge in [-0.1, -0.05) is 12.1 Å². The number of carbonyl (C=O) groups excluding carboxylic acids is 1. The Labute approximate surface area is 120 Å². The zero-order valence-corrected chi connectivity index (χ0v) is 11.6. The minimum Gasteiger partial charge on any atom is -0.354 e. The van der Waals surface area contributed by atoms with Crippen molar-refractivity contribution in [1.29, 1.82) is 0 Å². The van der Waals surface area contributed by atoms with Crippen LogP contribution in [0.5, 0.6) is 0 Å². The van der Waals surface area contributed by atoms with Crippen molar-refractivity contribution >= 4 is 16.9 Å². The zero-order valence-electron chi connectivity index (χ0n) is 11.6. The van der Waals surface area contributed by atoms with Gasteiger partial charge in [0.25, 0.3) is 0 Å². The molecule has 1 fully saturated rings. The molecule has 3 rings (SSSR count). The predicted molar refractivity (Wildman–Crippen MR) is 74.0 cm³/mol. The van der Waals surface area contributed by atoms with Gasteiger partial charge in [0.1, 0.15) is 5.82 Å². The molecule has 1 amide bonds. The second kappa shape index (κ2) is 5.40. The lowest BCUT2D eigenvalue weighted by atomic mass is 10.2. The van der Waals surface area contributed by atoms with Crippen LogP contribution >= 0.6 is 0 Å².